The molecule has 112 valence electrons. The molecule has 0 aromatic carbocycles. The first-order valence-corrected chi connectivity index (χ1v) is 5.96. The zero-order valence-electron chi connectivity index (χ0n) is 11.2. The monoisotopic (exact) mass is 287 g/mol. The summed E-state index contributed by atoms with van der Waals surface area (Å²) in [6.45, 7) is 2.02. The lowest BCUT2D eigenvalue weighted by molar-refractivity contribution is -0.142. The summed E-state index contributed by atoms with van der Waals surface area (Å²) in [6.07, 6.45) is -0.160. The number of carbonyl (C=O) groups excluding carboxylic acids is 3. The fourth-order valence-electron chi connectivity index (χ4n) is 1.73. The molecule has 4 N–H and O–H groups in total. The van der Waals surface area contributed by atoms with Crippen molar-refractivity contribution in [2.24, 2.45) is 0 Å². The number of hydrogen-bond donors (Lipinski definition) is 4. The van der Waals surface area contributed by atoms with Crippen molar-refractivity contribution < 1.29 is 29.4 Å². The zero-order valence-corrected chi connectivity index (χ0v) is 11.2. The Hall–Kier alpha value is -2.16. The van der Waals surface area contributed by atoms with E-state index in [1.54, 1.807) is 0 Å². The van der Waals surface area contributed by atoms with Crippen LogP contribution in [0.4, 0.5) is 4.79 Å². The predicted octanol–water partition coefficient (Wildman–Crippen LogP) is -1.73. The molecule has 0 radical (unpaired) electrons. The van der Waals surface area contributed by atoms with Gasteiger partial charge in [-0.2, -0.15) is 0 Å². The molecule has 0 aromatic rings. The molecule has 9 nitrogen and oxygen atoms in total. The molecule has 1 heterocycles. The highest BCUT2D eigenvalue weighted by molar-refractivity contribution is 6.08. The number of aliphatic hydroxyl groups excluding tert-OH is 1. The van der Waals surface area contributed by atoms with Gasteiger partial charge in [0.25, 0.3) is 5.91 Å². The Kier molecular flexibility index (Phi) is 4.66. The summed E-state index contributed by atoms with van der Waals surface area (Å²) in [6, 6.07) is -1.97. The number of nitrogens with zero attached hydrogens (tertiary/aromatic N) is 1. The van der Waals surface area contributed by atoms with Gasteiger partial charge in [0.05, 0.1) is 0 Å². The Labute approximate surface area is 114 Å². The third-order valence-corrected chi connectivity index (χ3v) is 2.80. The number of carbonyl (C=O) groups is 4. The lowest BCUT2D eigenvalue weighted by Gasteiger charge is -2.17. The molecule has 0 saturated carbocycles. The summed E-state index contributed by atoms with van der Waals surface area (Å²) in [4.78, 5) is 46.5. The summed E-state index contributed by atoms with van der Waals surface area (Å²) in [5, 5.41) is 22.0. The van der Waals surface area contributed by atoms with Crippen LogP contribution in [0.5, 0.6) is 0 Å². The zero-order chi connectivity index (χ0) is 15.5. The summed E-state index contributed by atoms with van der Waals surface area (Å²) < 4.78 is 0. The van der Waals surface area contributed by atoms with E-state index in [1.807, 2.05) is 0 Å². The van der Waals surface area contributed by atoms with Crippen LogP contribution in [0.25, 0.3) is 0 Å². The van der Waals surface area contributed by atoms with Crippen molar-refractivity contribution in [1.82, 2.24) is 15.5 Å². The molecule has 4 amide bonds. The van der Waals surface area contributed by atoms with E-state index in [2.05, 4.69) is 10.6 Å². The number of rotatable bonds is 6. The molecule has 9 heteroatoms. The molecule has 1 saturated heterocycles. The molecular formula is C11H17N3O6. The third-order valence-electron chi connectivity index (χ3n) is 2.80. The largest absolute Gasteiger partial charge is 0.480 e. The molecule has 1 aliphatic rings. The van der Waals surface area contributed by atoms with Gasteiger partial charge in [-0.3, -0.25) is 14.5 Å². The van der Waals surface area contributed by atoms with E-state index < -0.39 is 48.5 Å². The molecule has 0 aliphatic carbocycles. The quantitative estimate of drug-likeness (QED) is 0.428. The number of aliphatic hydroxyl groups is 1. The van der Waals surface area contributed by atoms with Gasteiger partial charge in [-0.1, -0.05) is 0 Å². The van der Waals surface area contributed by atoms with Crippen LogP contribution in [0, 0.1) is 0 Å². The van der Waals surface area contributed by atoms with Crippen LogP contribution in [0.3, 0.4) is 0 Å². The van der Waals surface area contributed by atoms with Crippen molar-refractivity contribution >= 4 is 23.8 Å². The number of imide groups is 1. The normalized spacial score (nSPS) is 18.6. The molecule has 20 heavy (non-hydrogen) atoms. The maximum Gasteiger partial charge on any atom is 0.326 e. The van der Waals surface area contributed by atoms with Gasteiger partial charge in [-0.05, 0) is 13.8 Å². The lowest BCUT2D eigenvalue weighted by atomic mass is 10.1. The van der Waals surface area contributed by atoms with Crippen LogP contribution < -0.4 is 10.6 Å². The van der Waals surface area contributed by atoms with E-state index >= 15 is 0 Å². The molecule has 0 spiro atoms. The number of nitrogens with one attached hydrogen (secondary N) is 2. The second-order valence-corrected chi connectivity index (χ2v) is 4.92. The second kappa shape index (κ2) is 5.87. The summed E-state index contributed by atoms with van der Waals surface area (Å²) in [7, 11) is 0. The topological polar surface area (TPSA) is 136 Å². The minimum absolute atomic E-state index is 0.160. The number of carboxylic acids is 1. The number of carboxylic acid groups (broad SMARTS) is 1. The van der Waals surface area contributed by atoms with Crippen molar-refractivity contribution in [3.05, 3.63) is 0 Å². The summed E-state index contributed by atoms with van der Waals surface area (Å²) in [5.74, 6) is -2.65. The molecule has 1 atom stereocenters. The van der Waals surface area contributed by atoms with Crippen LogP contribution in [0.1, 0.15) is 20.3 Å². The minimum atomic E-state index is -1.30. The van der Waals surface area contributed by atoms with Gasteiger partial charge in [0.2, 0.25) is 5.91 Å². The first-order chi connectivity index (χ1) is 9.19. The molecule has 0 aromatic heterocycles. The standard InChI is InChI=1S/C11H17N3O6/c1-11(2)9(19)14(10(20)13-11)5-7(16)12-6(3-4-15)8(17)18/h6,15H,3-5H2,1-2H3,(H,12,16)(H,13,20)(H,17,18)/t6-/m0/s1. The highest BCUT2D eigenvalue weighted by Gasteiger charge is 2.45. The minimum Gasteiger partial charge on any atom is -0.480 e. The third kappa shape index (κ3) is 3.44. The van der Waals surface area contributed by atoms with Crippen molar-refractivity contribution in [2.75, 3.05) is 13.2 Å². The van der Waals surface area contributed by atoms with Crippen LogP contribution in [-0.2, 0) is 14.4 Å². The first kappa shape index (κ1) is 15.9. The highest BCUT2D eigenvalue weighted by Crippen LogP contribution is 2.15. The molecule has 1 rings (SSSR count). The van der Waals surface area contributed by atoms with Crippen molar-refractivity contribution in [2.45, 2.75) is 31.8 Å². The smallest absolute Gasteiger partial charge is 0.326 e. The van der Waals surface area contributed by atoms with Gasteiger partial charge >= 0.3 is 12.0 Å². The van der Waals surface area contributed by atoms with E-state index in [9.17, 15) is 19.2 Å². The number of aliphatic carboxylic acids is 1. The number of amides is 4. The average Bonchev–Trinajstić information content (AvgIpc) is 2.51. The molecule has 1 aliphatic heterocycles. The highest BCUT2D eigenvalue weighted by atomic mass is 16.4. The Morgan fingerprint density at radius 2 is 2.00 bits per heavy atom. The Morgan fingerprint density at radius 3 is 2.40 bits per heavy atom. The lowest BCUT2D eigenvalue weighted by Crippen LogP contribution is -2.48. The first-order valence-electron chi connectivity index (χ1n) is 5.96. The average molecular weight is 287 g/mol. The van der Waals surface area contributed by atoms with Crippen LogP contribution in [0.2, 0.25) is 0 Å². The predicted molar refractivity (Wildman–Crippen MR) is 65.6 cm³/mol. The molecule has 0 unspecified atom stereocenters. The SMILES string of the molecule is CC1(C)NC(=O)N(CC(=O)N[C@@H](CCO)C(=O)O)C1=O. The van der Waals surface area contributed by atoms with Gasteiger partial charge in [0, 0.05) is 13.0 Å². The van der Waals surface area contributed by atoms with Crippen LogP contribution in [0.15, 0.2) is 0 Å². The van der Waals surface area contributed by atoms with Gasteiger partial charge in [-0.15, -0.1) is 0 Å². The van der Waals surface area contributed by atoms with Gasteiger partial charge < -0.3 is 20.8 Å². The summed E-state index contributed by atoms with van der Waals surface area (Å²) in [5.41, 5.74) is -1.09. The van der Waals surface area contributed by atoms with Crippen LogP contribution >= 0.6 is 0 Å². The van der Waals surface area contributed by atoms with Gasteiger partial charge in [0.1, 0.15) is 18.1 Å². The van der Waals surface area contributed by atoms with Gasteiger partial charge in [0.15, 0.2) is 0 Å². The van der Waals surface area contributed by atoms with Crippen molar-refractivity contribution in [1.29, 1.82) is 0 Å². The van der Waals surface area contributed by atoms with Crippen molar-refractivity contribution in [3.63, 3.8) is 0 Å². The van der Waals surface area contributed by atoms with E-state index in [1.165, 1.54) is 13.8 Å². The van der Waals surface area contributed by atoms with E-state index in [0.717, 1.165) is 0 Å². The number of hydrogen-bond acceptors (Lipinski definition) is 5. The molecular weight excluding hydrogens is 270 g/mol. The second-order valence-electron chi connectivity index (χ2n) is 4.92. The fraction of sp³-hybridized carbons (Fsp3) is 0.636. The fourth-order valence-corrected chi connectivity index (χ4v) is 1.73. The maximum absolute atomic E-state index is 11.8. The van der Waals surface area contributed by atoms with E-state index in [4.69, 9.17) is 10.2 Å². The molecule has 1 fully saturated rings. The van der Waals surface area contributed by atoms with Crippen LogP contribution in [-0.4, -0.2) is 63.7 Å². The molecule has 0 bridgehead atoms. The van der Waals surface area contributed by atoms with Crippen molar-refractivity contribution in [3.8, 4) is 0 Å². The Morgan fingerprint density at radius 1 is 1.40 bits per heavy atom. The Bertz CT molecular complexity index is 447. The summed E-state index contributed by atoms with van der Waals surface area (Å²) >= 11 is 0. The Balaban J connectivity index is 2.65. The van der Waals surface area contributed by atoms with Gasteiger partial charge in [-0.25, -0.2) is 9.59 Å². The number of urea groups is 1. The van der Waals surface area contributed by atoms with E-state index in [-0.39, 0.29) is 6.42 Å². The maximum atomic E-state index is 11.8. The van der Waals surface area contributed by atoms with E-state index in [0.29, 0.717) is 4.90 Å².